The molecule has 0 fully saturated rings. The lowest BCUT2D eigenvalue weighted by Gasteiger charge is -2.13. The number of hydrogen-bond acceptors (Lipinski definition) is 6. The van der Waals surface area contributed by atoms with Gasteiger partial charge in [-0.15, -0.1) is 10.2 Å². The van der Waals surface area contributed by atoms with Gasteiger partial charge in [0.1, 0.15) is 0 Å². The van der Waals surface area contributed by atoms with Crippen molar-refractivity contribution in [3.63, 3.8) is 0 Å². The van der Waals surface area contributed by atoms with Crippen molar-refractivity contribution in [2.24, 2.45) is 0 Å². The van der Waals surface area contributed by atoms with Gasteiger partial charge in [0, 0.05) is 11.3 Å². The Balaban J connectivity index is 1.52. The highest BCUT2D eigenvalue weighted by Gasteiger charge is 2.19. The summed E-state index contributed by atoms with van der Waals surface area (Å²) in [4.78, 5) is 25.4. The standard InChI is InChI=1S/C20H21N5O3/c1-3-15-9-11-17(12-10-15)21-20(27)14(2)28-18(26)13-25-23-19(22-24-25)16-7-5-4-6-8-16/h4-12,14H,3,13H2,1-2H3,(H,21,27). The third-order valence-electron chi connectivity index (χ3n) is 4.06. The van der Waals surface area contributed by atoms with Crippen LogP contribution in [0.4, 0.5) is 5.69 Å². The van der Waals surface area contributed by atoms with Gasteiger partial charge in [0.05, 0.1) is 0 Å². The number of esters is 1. The molecule has 1 amide bonds. The molecule has 1 aromatic heterocycles. The van der Waals surface area contributed by atoms with Gasteiger partial charge < -0.3 is 10.1 Å². The summed E-state index contributed by atoms with van der Waals surface area (Å²) in [7, 11) is 0. The molecule has 0 spiro atoms. The van der Waals surface area contributed by atoms with E-state index in [1.807, 2.05) is 54.6 Å². The van der Waals surface area contributed by atoms with Gasteiger partial charge in [-0.05, 0) is 36.3 Å². The summed E-state index contributed by atoms with van der Waals surface area (Å²) in [5.41, 5.74) is 2.62. The third kappa shape index (κ3) is 5.00. The molecule has 2 aromatic carbocycles. The Morgan fingerprint density at radius 3 is 2.50 bits per heavy atom. The summed E-state index contributed by atoms with van der Waals surface area (Å²) in [5, 5.41) is 14.6. The van der Waals surface area contributed by atoms with E-state index in [9.17, 15) is 9.59 Å². The Morgan fingerprint density at radius 2 is 1.82 bits per heavy atom. The largest absolute Gasteiger partial charge is 0.451 e. The summed E-state index contributed by atoms with van der Waals surface area (Å²) < 4.78 is 5.17. The van der Waals surface area contributed by atoms with E-state index in [-0.39, 0.29) is 6.54 Å². The first kappa shape index (κ1) is 19.2. The molecular weight excluding hydrogens is 358 g/mol. The Kier molecular flexibility index (Phi) is 6.11. The van der Waals surface area contributed by atoms with E-state index >= 15 is 0 Å². The quantitative estimate of drug-likeness (QED) is 0.633. The van der Waals surface area contributed by atoms with E-state index in [0.29, 0.717) is 11.5 Å². The van der Waals surface area contributed by atoms with Crippen LogP contribution in [0.1, 0.15) is 19.4 Å². The van der Waals surface area contributed by atoms with Crippen molar-refractivity contribution in [3.05, 3.63) is 60.2 Å². The average molecular weight is 379 g/mol. The maximum atomic E-state index is 12.2. The van der Waals surface area contributed by atoms with Crippen LogP contribution in [0.5, 0.6) is 0 Å². The number of tetrazole rings is 1. The normalized spacial score (nSPS) is 11.6. The number of carbonyl (C=O) groups is 2. The summed E-state index contributed by atoms with van der Waals surface area (Å²) >= 11 is 0. The number of carbonyl (C=O) groups excluding carboxylic acids is 2. The second-order valence-electron chi connectivity index (χ2n) is 6.18. The lowest BCUT2D eigenvalue weighted by Crippen LogP contribution is -2.31. The second-order valence-corrected chi connectivity index (χ2v) is 6.18. The van der Waals surface area contributed by atoms with Crippen molar-refractivity contribution in [2.75, 3.05) is 5.32 Å². The number of hydrogen-bond donors (Lipinski definition) is 1. The van der Waals surface area contributed by atoms with E-state index in [0.717, 1.165) is 16.8 Å². The highest BCUT2D eigenvalue weighted by Crippen LogP contribution is 2.12. The van der Waals surface area contributed by atoms with E-state index < -0.39 is 18.0 Å². The zero-order valence-corrected chi connectivity index (χ0v) is 15.7. The van der Waals surface area contributed by atoms with Gasteiger partial charge in [-0.1, -0.05) is 49.4 Å². The predicted molar refractivity (Wildman–Crippen MR) is 103 cm³/mol. The molecule has 0 radical (unpaired) electrons. The highest BCUT2D eigenvalue weighted by atomic mass is 16.5. The Hall–Kier alpha value is -3.55. The summed E-state index contributed by atoms with van der Waals surface area (Å²) in [6.07, 6.45) is -0.0275. The molecule has 0 aliphatic carbocycles. The summed E-state index contributed by atoms with van der Waals surface area (Å²) in [5.74, 6) is -0.621. The van der Waals surface area contributed by atoms with Crippen molar-refractivity contribution in [1.29, 1.82) is 0 Å². The zero-order valence-electron chi connectivity index (χ0n) is 15.7. The molecule has 8 nitrogen and oxygen atoms in total. The van der Waals surface area contributed by atoms with Crippen LogP contribution >= 0.6 is 0 Å². The number of rotatable bonds is 7. The lowest BCUT2D eigenvalue weighted by atomic mass is 10.1. The van der Waals surface area contributed by atoms with Crippen LogP contribution in [0.25, 0.3) is 11.4 Å². The van der Waals surface area contributed by atoms with E-state index in [1.165, 1.54) is 12.5 Å². The third-order valence-corrected chi connectivity index (χ3v) is 4.06. The van der Waals surface area contributed by atoms with Crippen LogP contribution in [0.2, 0.25) is 0 Å². The lowest BCUT2D eigenvalue weighted by molar-refractivity contribution is -0.154. The first-order valence-corrected chi connectivity index (χ1v) is 8.97. The molecule has 0 aliphatic heterocycles. The van der Waals surface area contributed by atoms with E-state index in [4.69, 9.17) is 4.74 Å². The fourth-order valence-electron chi connectivity index (χ4n) is 2.48. The van der Waals surface area contributed by atoms with Crippen LogP contribution in [0, 0.1) is 0 Å². The van der Waals surface area contributed by atoms with E-state index in [2.05, 4.69) is 27.7 Å². The van der Waals surface area contributed by atoms with Crippen LogP contribution in [-0.2, 0) is 27.3 Å². The molecule has 1 atom stereocenters. The van der Waals surface area contributed by atoms with Crippen molar-refractivity contribution in [2.45, 2.75) is 32.9 Å². The van der Waals surface area contributed by atoms with Crippen LogP contribution in [0.3, 0.4) is 0 Å². The topological polar surface area (TPSA) is 99.0 Å². The zero-order chi connectivity index (χ0) is 19.9. The molecule has 3 rings (SSSR count). The second kappa shape index (κ2) is 8.90. The van der Waals surface area contributed by atoms with Crippen molar-refractivity contribution < 1.29 is 14.3 Å². The summed E-state index contributed by atoms with van der Waals surface area (Å²) in [6, 6.07) is 16.8. The first-order valence-electron chi connectivity index (χ1n) is 8.97. The number of amides is 1. The van der Waals surface area contributed by atoms with Gasteiger partial charge in [-0.2, -0.15) is 4.80 Å². The number of aryl methyl sites for hydroxylation is 1. The van der Waals surface area contributed by atoms with Crippen molar-refractivity contribution in [1.82, 2.24) is 20.2 Å². The molecule has 0 aliphatic rings. The molecular formula is C20H21N5O3. The number of nitrogens with one attached hydrogen (secondary N) is 1. The smallest absolute Gasteiger partial charge is 0.330 e. The van der Waals surface area contributed by atoms with Crippen molar-refractivity contribution >= 4 is 17.6 Å². The van der Waals surface area contributed by atoms with Crippen LogP contribution in [-0.4, -0.2) is 38.2 Å². The molecule has 0 saturated heterocycles. The molecule has 1 unspecified atom stereocenters. The number of anilines is 1. The molecule has 8 heteroatoms. The summed E-state index contributed by atoms with van der Waals surface area (Å²) in [6.45, 7) is 3.34. The maximum Gasteiger partial charge on any atom is 0.330 e. The SMILES string of the molecule is CCc1ccc(NC(=O)C(C)OC(=O)Cn2nnc(-c3ccccc3)n2)cc1. The molecule has 28 heavy (non-hydrogen) atoms. The monoisotopic (exact) mass is 379 g/mol. The van der Waals surface area contributed by atoms with Gasteiger partial charge in [0.25, 0.3) is 5.91 Å². The van der Waals surface area contributed by atoms with Crippen LogP contribution in [0.15, 0.2) is 54.6 Å². The number of nitrogens with zero attached hydrogens (tertiary/aromatic N) is 4. The molecule has 0 saturated carbocycles. The van der Waals surface area contributed by atoms with Gasteiger partial charge in [0.2, 0.25) is 5.82 Å². The van der Waals surface area contributed by atoms with Gasteiger partial charge >= 0.3 is 5.97 Å². The minimum absolute atomic E-state index is 0.233. The van der Waals surface area contributed by atoms with Gasteiger partial charge in [-0.3, -0.25) is 4.79 Å². The Bertz CT molecular complexity index is 938. The minimum atomic E-state index is -0.949. The highest BCUT2D eigenvalue weighted by molar-refractivity contribution is 5.95. The average Bonchev–Trinajstić information content (AvgIpc) is 3.17. The number of aromatic nitrogens is 4. The van der Waals surface area contributed by atoms with Gasteiger partial charge in [0.15, 0.2) is 12.6 Å². The molecule has 0 bridgehead atoms. The first-order chi connectivity index (χ1) is 13.5. The number of ether oxygens (including phenoxy) is 1. The predicted octanol–water partition coefficient (Wildman–Crippen LogP) is 2.47. The Labute approximate surface area is 162 Å². The van der Waals surface area contributed by atoms with Crippen molar-refractivity contribution in [3.8, 4) is 11.4 Å². The van der Waals surface area contributed by atoms with E-state index in [1.54, 1.807) is 0 Å². The molecule has 3 aromatic rings. The minimum Gasteiger partial charge on any atom is -0.451 e. The van der Waals surface area contributed by atoms with Gasteiger partial charge in [-0.25, -0.2) is 4.79 Å². The fourth-order valence-corrected chi connectivity index (χ4v) is 2.48. The molecule has 144 valence electrons. The molecule has 1 heterocycles. The van der Waals surface area contributed by atoms with Crippen LogP contribution < -0.4 is 5.32 Å². The number of benzene rings is 2. The molecule has 1 N–H and O–H groups in total. The Morgan fingerprint density at radius 1 is 1.11 bits per heavy atom. The maximum absolute atomic E-state index is 12.2. The fraction of sp³-hybridized carbons (Fsp3) is 0.250.